The number of ether oxygens (including phenoxy) is 2. The van der Waals surface area contributed by atoms with Crippen molar-refractivity contribution in [3.05, 3.63) is 11.8 Å². The number of carbonyl (C=O) groups is 3. The zero-order chi connectivity index (χ0) is 22.7. The van der Waals surface area contributed by atoms with Crippen molar-refractivity contribution in [3.63, 3.8) is 0 Å². The minimum absolute atomic E-state index is 0.00146. The van der Waals surface area contributed by atoms with Crippen molar-refractivity contribution >= 4 is 18.2 Å². The van der Waals surface area contributed by atoms with E-state index in [1.165, 1.54) is 7.05 Å². The van der Waals surface area contributed by atoms with Gasteiger partial charge in [-0.15, -0.1) is 0 Å². The molecule has 0 bridgehead atoms. The van der Waals surface area contributed by atoms with E-state index >= 15 is 0 Å². The van der Waals surface area contributed by atoms with Crippen LogP contribution >= 0.6 is 0 Å². The van der Waals surface area contributed by atoms with E-state index in [0.29, 0.717) is 6.29 Å². The number of nitrogens with one attached hydrogen (secondary N) is 2. The van der Waals surface area contributed by atoms with Gasteiger partial charge in [0.05, 0.1) is 24.9 Å². The van der Waals surface area contributed by atoms with E-state index in [9.17, 15) is 32.7 Å². The molecule has 0 unspecified atom stereocenters. The van der Waals surface area contributed by atoms with Crippen LogP contribution < -0.4 is 10.6 Å². The lowest BCUT2D eigenvalue weighted by Gasteiger charge is -2.24. The summed E-state index contributed by atoms with van der Waals surface area (Å²) in [5.41, 5.74) is -0.141. The highest BCUT2D eigenvalue weighted by molar-refractivity contribution is 5.83. The number of halogens is 3. The molecule has 168 valence electrons. The van der Waals surface area contributed by atoms with Gasteiger partial charge in [0.15, 0.2) is 6.29 Å². The highest BCUT2D eigenvalue weighted by atomic mass is 19.4. The monoisotopic (exact) mass is 437 g/mol. The molecule has 1 rings (SSSR count). The molecule has 0 aromatic heterocycles. The Hall–Kier alpha value is -2.66. The number of aliphatic hydroxyl groups excluding tert-OH is 2. The van der Waals surface area contributed by atoms with E-state index in [-0.39, 0.29) is 31.8 Å². The maximum absolute atomic E-state index is 12.1. The summed E-state index contributed by atoms with van der Waals surface area (Å²) in [5, 5.41) is 22.9. The zero-order valence-corrected chi connectivity index (χ0v) is 15.9. The molecule has 13 heteroatoms. The van der Waals surface area contributed by atoms with Crippen LogP contribution in [-0.2, 0) is 19.1 Å². The van der Waals surface area contributed by atoms with Crippen LogP contribution in [-0.4, -0.2) is 91.4 Å². The largest absolute Gasteiger partial charge is 0.471 e. The van der Waals surface area contributed by atoms with Gasteiger partial charge >= 0.3 is 18.1 Å². The van der Waals surface area contributed by atoms with Crippen molar-refractivity contribution in [2.24, 2.45) is 0 Å². The normalized spacial score (nSPS) is 21.4. The topological polar surface area (TPSA) is 137 Å². The number of carbonyl (C=O) groups excluding carboxylic acids is 3. The molecule has 0 radical (unpaired) electrons. The lowest BCUT2D eigenvalue weighted by molar-refractivity contribution is -0.173. The smallest absolute Gasteiger partial charge is 0.394 e. The van der Waals surface area contributed by atoms with E-state index in [2.05, 4.69) is 17.2 Å². The molecule has 0 aromatic rings. The first-order valence-corrected chi connectivity index (χ1v) is 8.67. The van der Waals surface area contributed by atoms with Crippen LogP contribution in [0.4, 0.5) is 18.0 Å². The summed E-state index contributed by atoms with van der Waals surface area (Å²) in [4.78, 5) is 34.9. The average Bonchev–Trinajstić information content (AvgIpc) is 3.08. The minimum Gasteiger partial charge on any atom is -0.394 e. The Morgan fingerprint density at radius 1 is 1.40 bits per heavy atom. The molecule has 1 aliphatic heterocycles. The van der Waals surface area contributed by atoms with E-state index in [0.717, 1.165) is 11.1 Å². The van der Waals surface area contributed by atoms with Gasteiger partial charge in [-0.3, -0.25) is 14.5 Å². The summed E-state index contributed by atoms with van der Waals surface area (Å²) in [5.74, 6) is 2.78. The van der Waals surface area contributed by atoms with Gasteiger partial charge in [0, 0.05) is 26.2 Å². The SMILES string of the molecule is CNC(=O)N(/C=C(/C#CCOCCNC(=O)C(F)(F)F)C=O)[C@H]1C[C@H](O)[C@@H](CO)O1. The number of hydrogen-bond donors (Lipinski definition) is 4. The summed E-state index contributed by atoms with van der Waals surface area (Å²) in [7, 11) is 1.34. The fourth-order valence-corrected chi connectivity index (χ4v) is 2.29. The predicted octanol–water partition coefficient (Wildman–Crippen LogP) is -1.12. The van der Waals surface area contributed by atoms with Gasteiger partial charge in [-0.2, -0.15) is 13.2 Å². The summed E-state index contributed by atoms with van der Waals surface area (Å²) in [6, 6.07) is -0.649. The lowest BCUT2D eigenvalue weighted by atomic mass is 10.2. The highest BCUT2D eigenvalue weighted by Gasteiger charge is 2.38. The Bertz CT molecular complexity index is 703. The summed E-state index contributed by atoms with van der Waals surface area (Å²) < 4.78 is 46.3. The quantitative estimate of drug-likeness (QED) is 0.163. The molecule has 0 aromatic carbocycles. The first-order valence-electron chi connectivity index (χ1n) is 8.67. The zero-order valence-electron chi connectivity index (χ0n) is 15.9. The van der Waals surface area contributed by atoms with Crippen LogP contribution in [0.5, 0.6) is 0 Å². The Labute approximate surface area is 170 Å². The van der Waals surface area contributed by atoms with E-state index in [1.807, 2.05) is 0 Å². The molecule has 0 aliphatic carbocycles. The number of nitrogens with zero attached hydrogens (tertiary/aromatic N) is 1. The van der Waals surface area contributed by atoms with Crippen LogP contribution in [0.2, 0.25) is 0 Å². The third-order valence-electron chi connectivity index (χ3n) is 3.74. The van der Waals surface area contributed by atoms with Crippen molar-refractivity contribution in [2.75, 3.05) is 33.4 Å². The van der Waals surface area contributed by atoms with E-state index in [1.54, 1.807) is 5.32 Å². The van der Waals surface area contributed by atoms with Crippen molar-refractivity contribution in [1.82, 2.24) is 15.5 Å². The molecule has 1 aliphatic rings. The van der Waals surface area contributed by atoms with Gasteiger partial charge in [-0.1, -0.05) is 11.8 Å². The molecular weight excluding hydrogens is 415 g/mol. The van der Waals surface area contributed by atoms with E-state index in [4.69, 9.17) is 14.6 Å². The van der Waals surface area contributed by atoms with Gasteiger partial charge in [0.25, 0.3) is 0 Å². The van der Waals surface area contributed by atoms with Gasteiger partial charge in [-0.05, 0) is 0 Å². The average molecular weight is 437 g/mol. The second-order valence-corrected chi connectivity index (χ2v) is 5.89. The molecule has 4 N–H and O–H groups in total. The predicted molar refractivity (Wildman–Crippen MR) is 94.5 cm³/mol. The second-order valence-electron chi connectivity index (χ2n) is 5.89. The minimum atomic E-state index is -4.98. The molecule has 1 fully saturated rings. The molecule has 0 spiro atoms. The number of aldehydes is 1. The summed E-state index contributed by atoms with van der Waals surface area (Å²) >= 11 is 0. The highest BCUT2D eigenvalue weighted by Crippen LogP contribution is 2.24. The number of alkyl halides is 3. The number of urea groups is 1. The van der Waals surface area contributed by atoms with Crippen LogP contribution in [0.1, 0.15) is 6.42 Å². The molecule has 3 atom stereocenters. The summed E-state index contributed by atoms with van der Waals surface area (Å²) in [6.45, 7) is -1.33. The standard InChI is InChI=1S/C17H22F3N3O7/c1-21-16(28)23(14-7-12(26)13(10-25)30-14)8-11(9-24)3-2-5-29-6-4-22-15(27)17(18,19)20/h8-9,12-14,25-26H,4-7,10H2,1H3,(H,21,28)(H,22,27)/b11-8-/t12-,13+,14+/m0/s1. The Morgan fingerprint density at radius 2 is 2.10 bits per heavy atom. The number of amides is 3. The van der Waals surface area contributed by atoms with Crippen molar-refractivity contribution in [2.45, 2.75) is 31.0 Å². The fourth-order valence-electron chi connectivity index (χ4n) is 2.29. The van der Waals surface area contributed by atoms with Crippen molar-refractivity contribution in [1.29, 1.82) is 0 Å². The van der Waals surface area contributed by atoms with Gasteiger partial charge < -0.3 is 30.3 Å². The van der Waals surface area contributed by atoms with Gasteiger partial charge in [-0.25, -0.2) is 4.79 Å². The van der Waals surface area contributed by atoms with Crippen LogP contribution in [0, 0.1) is 11.8 Å². The lowest BCUT2D eigenvalue weighted by Crippen LogP contribution is -2.42. The van der Waals surface area contributed by atoms with Crippen LogP contribution in [0.3, 0.4) is 0 Å². The number of hydrogen-bond acceptors (Lipinski definition) is 7. The number of aliphatic hydroxyl groups is 2. The number of rotatable bonds is 8. The van der Waals surface area contributed by atoms with Crippen LogP contribution in [0.25, 0.3) is 0 Å². The molecule has 1 saturated heterocycles. The second kappa shape index (κ2) is 12.1. The first-order chi connectivity index (χ1) is 14.1. The Balaban J connectivity index is 2.63. The van der Waals surface area contributed by atoms with E-state index < -0.39 is 43.2 Å². The van der Waals surface area contributed by atoms with Crippen molar-refractivity contribution in [3.8, 4) is 11.8 Å². The Morgan fingerprint density at radius 3 is 2.63 bits per heavy atom. The molecule has 1 heterocycles. The molecule has 0 saturated carbocycles. The maximum atomic E-state index is 12.1. The number of allylic oxidation sites excluding steroid dienone is 1. The molecule has 10 nitrogen and oxygen atoms in total. The molecular formula is C17H22F3N3O7. The van der Waals surface area contributed by atoms with Gasteiger partial charge in [0.2, 0.25) is 0 Å². The summed E-state index contributed by atoms with van der Waals surface area (Å²) in [6.07, 6.45) is -6.34. The molecule has 3 amide bonds. The van der Waals surface area contributed by atoms with Crippen molar-refractivity contribution < 1.29 is 47.2 Å². The molecule has 30 heavy (non-hydrogen) atoms. The first kappa shape index (κ1) is 25.4. The van der Waals surface area contributed by atoms with Gasteiger partial charge in [0.1, 0.15) is 18.9 Å². The fraction of sp³-hybridized carbons (Fsp3) is 0.588. The third-order valence-corrected chi connectivity index (χ3v) is 3.74. The third kappa shape index (κ3) is 7.99. The van der Waals surface area contributed by atoms with Crippen LogP contribution in [0.15, 0.2) is 11.8 Å². The Kier molecular flexibility index (Phi) is 10.3. The maximum Gasteiger partial charge on any atom is 0.471 e.